The molecule has 6 aliphatic carbocycles. The summed E-state index contributed by atoms with van der Waals surface area (Å²) in [4.78, 5) is 0. The maximum absolute atomic E-state index is 4.16. The van der Waals surface area contributed by atoms with Crippen molar-refractivity contribution in [1.29, 1.82) is 0 Å². The van der Waals surface area contributed by atoms with Crippen LogP contribution in [0.2, 0.25) is 18.0 Å². The van der Waals surface area contributed by atoms with Gasteiger partial charge in [-0.25, -0.2) is 0 Å². The van der Waals surface area contributed by atoms with Crippen molar-refractivity contribution in [3.8, 4) is 0 Å². The summed E-state index contributed by atoms with van der Waals surface area (Å²) in [5.74, 6) is 7.75. The summed E-state index contributed by atoms with van der Waals surface area (Å²) in [7, 11) is 0. The summed E-state index contributed by atoms with van der Waals surface area (Å²) in [5.41, 5.74) is 1.24. The molecule has 2 unspecified atom stereocenters. The molecule has 0 aromatic carbocycles. The minimum Gasteiger partial charge on any atom is -0.104 e. The molecule has 0 aromatic heterocycles. The van der Waals surface area contributed by atoms with E-state index in [-0.39, 0.29) is 0 Å². The Hall–Kier alpha value is -0.195. The molecule has 6 aliphatic rings. The average Bonchev–Trinajstić information content (AvgIpc) is 2.52. The van der Waals surface area contributed by atoms with Crippen molar-refractivity contribution in [1.82, 2.24) is 0 Å². The van der Waals surface area contributed by atoms with E-state index in [0.29, 0.717) is 10.8 Å². The normalized spacial score (nSPS) is 50.4. The minimum atomic E-state index is 0.622. The van der Waals surface area contributed by atoms with Crippen molar-refractivity contribution < 1.29 is 0 Å². The fraction of sp³-hybridized carbons (Fsp3) is 0.913. The van der Waals surface area contributed by atoms with Crippen molar-refractivity contribution >= 4 is 6.71 Å². The van der Waals surface area contributed by atoms with Gasteiger partial charge in [-0.15, -0.1) is 6.58 Å². The Labute approximate surface area is 151 Å². The number of fused-ring (bicyclic) bond motifs is 4. The molecule has 0 N–H and O–H groups in total. The van der Waals surface area contributed by atoms with Gasteiger partial charge in [0.2, 0.25) is 0 Å². The van der Waals surface area contributed by atoms with E-state index in [1.54, 1.807) is 0 Å². The van der Waals surface area contributed by atoms with Crippen LogP contribution < -0.4 is 0 Å². The van der Waals surface area contributed by atoms with Crippen molar-refractivity contribution in [3.63, 3.8) is 0 Å². The fourth-order valence-electron chi connectivity index (χ4n) is 8.37. The van der Waals surface area contributed by atoms with E-state index in [2.05, 4.69) is 54.2 Å². The molecule has 4 bridgehead atoms. The van der Waals surface area contributed by atoms with Gasteiger partial charge >= 0.3 is 0 Å². The molecule has 0 spiro atoms. The largest absolute Gasteiger partial charge is 0.150 e. The molecule has 8 atom stereocenters. The fourth-order valence-corrected chi connectivity index (χ4v) is 8.37. The Bertz CT molecular complexity index is 476. The minimum absolute atomic E-state index is 0.622. The SMILES string of the molecule is C=CCB(C1C[C@H]2C[C@@H]([C@@H]1C)C2(C)C)C1C[C@H]2C[C@@H]([C@@H]1C)C2(C)C. The Balaban J connectivity index is 1.55. The van der Waals surface area contributed by atoms with E-state index >= 15 is 0 Å². The van der Waals surface area contributed by atoms with Gasteiger partial charge in [-0.05, 0) is 59.2 Å². The van der Waals surface area contributed by atoms with E-state index in [1.165, 1.54) is 32.0 Å². The Morgan fingerprint density at radius 3 is 1.54 bits per heavy atom. The van der Waals surface area contributed by atoms with E-state index < -0.39 is 0 Å². The molecule has 0 heterocycles. The van der Waals surface area contributed by atoms with Crippen molar-refractivity contribution in [2.75, 3.05) is 0 Å². The van der Waals surface area contributed by atoms with E-state index in [4.69, 9.17) is 0 Å². The lowest BCUT2D eigenvalue weighted by molar-refractivity contribution is -0.107. The highest BCUT2D eigenvalue weighted by Gasteiger charge is 2.61. The summed E-state index contributed by atoms with van der Waals surface area (Å²) in [6.07, 6.45) is 9.56. The van der Waals surface area contributed by atoms with Gasteiger partial charge in [0.25, 0.3) is 0 Å². The van der Waals surface area contributed by atoms with Crippen LogP contribution in [0.4, 0.5) is 0 Å². The smallest absolute Gasteiger partial charge is 0.104 e. The summed E-state index contributed by atoms with van der Waals surface area (Å²) in [5, 5.41) is 0. The number of hydrogen-bond acceptors (Lipinski definition) is 0. The molecule has 0 aromatic rings. The lowest BCUT2D eigenvalue weighted by Crippen LogP contribution is -2.59. The van der Waals surface area contributed by atoms with Crippen molar-refractivity contribution in [3.05, 3.63) is 12.7 Å². The van der Waals surface area contributed by atoms with E-state index in [0.717, 1.165) is 53.9 Å². The molecule has 6 fully saturated rings. The first kappa shape index (κ1) is 17.2. The van der Waals surface area contributed by atoms with E-state index in [1.807, 2.05) is 0 Å². The molecule has 0 radical (unpaired) electrons. The van der Waals surface area contributed by atoms with Crippen LogP contribution in [0.3, 0.4) is 0 Å². The van der Waals surface area contributed by atoms with Gasteiger partial charge in [0.15, 0.2) is 6.71 Å². The zero-order valence-electron chi connectivity index (χ0n) is 17.0. The third kappa shape index (κ3) is 2.11. The van der Waals surface area contributed by atoms with Crippen LogP contribution in [-0.2, 0) is 0 Å². The van der Waals surface area contributed by atoms with Gasteiger partial charge in [0.1, 0.15) is 0 Å². The highest BCUT2D eigenvalue weighted by molar-refractivity contribution is 6.62. The summed E-state index contributed by atoms with van der Waals surface area (Å²) in [6.45, 7) is 20.4. The van der Waals surface area contributed by atoms with Gasteiger partial charge in [-0.2, -0.15) is 0 Å². The first-order valence-electron chi connectivity index (χ1n) is 10.8. The van der Waals surface area contributed by atoms with Gasteiger partial charge < -0.3 is 0 Å². The standard InChI is InChI=1S/C23H39B/c1-8-9-24(20-12-16-10-18(14(20)2)22(16,4)5)21-13-17-11-19(15(21)3)23(17,6)7/h8,14-21H,1,9-13H2,2-7H3/t14-,15-,16+,17+,18-,19-,20?,21?/m0/s1. The second-order valence-electron chi connectivity index (χ2n) is 11.4. The molecule has 1 heteroatoms. The van der Waals surface area contributed by atoms with Crippen LogP contribution in [0.25, 0.3) is 0 Å². The second kappa shape index (κ2) is 5.40. The number of hydrogen-bond donors (Lipinski definition) is 0. The first-order chi connectivity index (χ1) is 11.2. The summed E-state index contributed by atoms with van der Waals surface area (Å²) in [6, 6.07) is 0. The van der Waals surface area contributed by atoms with Crippen LogP contribution in [0, 0.1) is 46.3 Å². The van der Waals surface area contributed by atoms with Gasteiger partial charge in [-0.1, -0.05) is 78.4 Å². The molecule has 0 aliphatic heterocycles. The lowest BCUT2D eigenvalue weighted by atomic mass is 9.20. The van der Waals surface area contributed by atoms with Crippen LogP contribution >= 0.6 is 0 Å². The Morgan fingerprint density at radius 2 is 1.25 bits per heavy atom. The molecule has 6 rings (SSSR count). The third-order valence-electron chi connectivity index (χ3n) is 10.4. The van der Waals surface area contributed by atoms with Gasteiger partial charge in [-0.3, -0.25) is 0 Å². The topological polar surface area (TPSA) is 0 Å². The Kier molecular flexibility index (Phi) is 3.88. The van der Waals surface area contributed by atoms with Crippen LogP contribution in [-0.4, -0.2) is 6.71 Å². The Morgan fingerprint density at radius 1 is 0.833 bits per heavy atom. The highest BCUT2D eigenvalue weighted by Crippen LogP contribution is 2.69. The zero-order chi connectivity index (χ0) is 17.4. The molecule has 24 heavy (non-hydrogen) atoms. The van der Waals surface area contributed by atoms with Crippen LogP contribution in [0.15, 0.2) is 12.7 Å². The second-order valence-corrected chi connectivity index (χ2v) is 11.4. The first-order valence-corrected chi connectivity index (χ1v) is 10.8. The predicted octanol–water partition coefficient (Wildman–Crippen LogP) is 6.81. The maximum Gasteiger partial charge on any atom is 0.150 e. The van der Waals surface area contributed by atoms with Crippen molar-refractivity contribution in [2.24, 2.45) is 46.3 Å². The third-order valence-corrected chi connectivity index (χ3v) is 10.4. The number of rotatable bonds is 4. The quantitative estimate of drug-likeness (QED) is 0.393. The molecule has 0 saturated heterocycles. The molecule has 0 nitrogen and oxygen atoms in total. The van der Waals surface area contributed by atoms with Gasteiger partial charge in [0.05, 0.1) is 0 Å². The van der Waals surface area contributed by atoms with Crippen LogP contribution in [0.1, 0.15) is 67.2 Å². The van der Waals surface area contributed by atoms with Crippen LogP contribution in [0.5, 0.6) is 0 Å². The molecular formula is C23H39B. The monoisotopic (exact) mass is 326 g/mol. The molecule has 134 valence electrons. The van der Waals surface area contributed by atoms with Gasteiger partial charge in [0, 0.05) is 0 Å². The molecular weight excluding hydrogens is 287 g/mol. The van der Waals surface area contributed by atoms with E-state index in [9.17, 15) is 0 Å². The zero-order valence-corrected chi connectivity index (χ0v) is 17.0. The number of allylic oxidation sites excluding steroid dienone is 1. The summed E-state index contributed by atoms with van der Waals surface area (Å²) >= 11 is 0. The lowest BCUT2D eigenvalue weighted by Gasteiger charge is -2.66. The predicted molar refractivity (Wildman–Crippen MR) is 107 cm³/mol. The molecule has 0 amide bonds. The highest BCUT2D eigenvalue weighted by atomic mass is 14.6. The average molecular weight is 326 g/mol. The maximum atomic E-state index is 4.16. The molecule has 6 saturated carbocycles. The summed E-state index contributed by atoms with van der Waals surface area (Å²) < 4.78 is 0. The van der Waals surface area contributed by atoms with Crippen molar-refractivity contribution in [2.45, 2.75) is 85.2 Å².